The van der Waals surface area contributed by atoms with Crippen molar-refractivity contribution < 1.29 is 0 Å². The van der Waals surface area contributed by atoms with Crippen molar-refractivity contribution in [1.29, 1.82) is 5.26 Å². The molecule has 1 aliphatic carbocycles. The van der Waals surface area contributed by atoms with E-state index in [1.165, 1.54) is 0 Å². The molecule has 0 spiro atoms. The molecular weight excluding hydrogens is 158 g/mol. The van der Waals surface area contributed by atoms with Gasteiger partial charge in [-0.3, -0.25) is 0 Å². The maximum Gasteiger partial charge on any atom is 0.133 e. The van der Waals surface area contributed by atoms with E-state index in [4.69, 9.17) is 16.9 Å². The molecule has 0 radical (unpaired) electrons. The number of hydrogen-bond donors (Lipinski definition) is 0. The minimum Gasteiger partial charge on any atom is -0.196 e. The van der Waals surface area contributed by atoms with Crippen molar-refractivity contribution in [2.75, 3.05) is 0 Å². The van der Waals surface area contributed by atoms with Crippen LogP contribution in [0.5, 0.6) is 0 Å². The fraction of sp³-hybridized carbons (Fsp3) is 0.889. The molecular formula is C9H14ClN. The number of nitrogens with zero attached hydrogens (tertiary/aromatic N) is 1. The minimum absolute atomic E-state index is 0.345. The summed E-state index contributed by atoms with van der Waals surface area (Å²) in [6.07, 6.45) is 3.05. The van der Waals surface area contributed by atoms with Crippen LogP contribution in [-0.4, -0.2) is 4.87 Å². The van der Waals surface area contributed by atoms with Gasteiger partial charge in [0.15, 0.2) is 0 Å². The van der Waals surface area contributed by atoms with Crippen LogP contribution in [0.3, 0.4) is 0 Å². The zero-order valence-electron chi connectivity index (χ0n) is 7.10. The van der Waals surface area contributed by atoms with Gasteiger partial charge in [-0.25, -0.2) is 0 Å². The van der Waals surface area contributed by atoms with Gasteiger partial charge in [-0.15, -0.1) is 11.6 Å². The van der Waals surface area contributed by atoms with Crippen LogP contribution in [-0.2, 0) is 0 Å². The van der Waals surface area contributed by atoms with E-state index in [0.29, 0.717) is 5.92 Å². The van der Waals surface area contributed by atoms with E-state index in [2.05, 4.69) is 19.9 Å². The van der Waals surface area contributed by atoms with Crippen molar-refractivity contribution in [1.82, 2.24) is 0 Å². The smallest absolute Gasteiger partial charge is 0.133 e. The monoisotopic (exact) mass is 171 g/mol. The Balaban J connectivity index is 2.66. The summed E-state index contributed by atoms with van der Waals surface area (Å²) in [7, 11) is 0. The highest BCUT2D eigenvalue weighted by Crippen LogP contribution is 2.40. The molecule has 0 bridgehead atoms. The molecule has 1 aliphatic rings. The third-order valence-corrected chi connectivity index (χ3v) is 3.37. The maximum atomic E-state index is 8.83. The lowest BCUT2D eigenvalue weighted by Crippen LogP contribution is -2.34. The number of halogens is 1. The largest absolute Gasteiger partial charge is 0.196 e. The average Bonchev–Trinajstić information content (AvgIpc) is 1.98. The van der Waals surface area contributed by atoms with E-state index in [1.54, 1.807) is 0 Å². The SMILES string of the molecule is CC1CCC(Cl)(C#N)C(C)C1. The molecule has 0 amide bonds. The van der Waals surface area contributed by atoms with E-state index < -0.39 is 4.87 Å². The van der Waals surface area contributed by atoms with E-state index >= 15 is 0 Å². The molecule has 62 valence electrons. The molecule has 1 fully saturated rings. The second-order valence-electron chi connectivity index (χ2n) is 3.75. The summed E-state index contributed by atoms with van der Waals surface area (Å²) in [6.45, 7) is 4.30. The van der Waals surface area contributed by atoms with E-state index in [9.17, 15) is 0 Å². The Hall–Kier alpha value is -0.220. The van der Waals surface area contributed by atoms with E-state index in [0.717, 1.165) is 25.2 Å². The quantitative estimate of drug-likeness (QED) is 0.514. The van der Waals surface area contributed by atoms with Crippen molar-refractivity contribution in [3.8, 4) is 6.07 Å². The van der Waals surface area contributed by atoms with Crippen molar-refractivity contribution in [3.05, 3.63) is 0 Å². The Bertz CT molecular complexity index is 184. The molecule has 0 saturated heterocycles. The third kappa shape index (κ3) is 1.68. The van der Waals surface area contributed by atoms with Crippen LogP contribution in [0.4, 0.5) is 0 Å². The van der Waals surface area contributed by atoms with Crippen LogP contribution in [0, 0.1) is 23.2 Å². The van der Waals surface area contributed by atoms with Crippen molar-refractivity contribution in [3.63, 3.8) is 0 Å². The molecule has 2 heteroatoms. The van der Waals surface area contributed by atoms with Crippen LogP contribution < -0.4 is 0 Å². The lowest BCUT2D eigenvalue weighted by molar-refractivity contribution is 0.267. The zero-order chi connectivity index (χ0) is 8.48. The first-order valence-electron chi connectivity index (χ1n) is 4.18. The van der Waals surface area contributed by atoms with Gasteiger partial charge in [-0.05, 0) is 31.1 Å². The molecule has 0 aliphatic heterocycles. The van der Waals surface area contributed by atoms with Gasteiger partial charge in [0.2, 0.25) is 0 Å². The summed E-state index contributed by atoms with van der Waals surface area (Å²) in [5.74, 6) is 1.09. The number of nitriles is 1. The molecule has 1 rings (SSSR count). The molecule has 0 heterocycles. The predicted molar refractivity (Wildman–Crippen MR) is 46.4 cm³/mol. The third-order valence-electron chi connectivity index (χ3n) is 2.72. The van der Waals surface area contributed by atoms with Gasteiger partial charge in [-0.2, -0.15) is 5.26 Å². The van der Waals surface area contributed by atoms with E-state index in [1.807, 2.05) is 0 Å². The normalized spacial score (nSPS) is 44.9. The van der Waals surface area contributed by atoms with Gasteiger partial charge in [-0.1, -0.05) is 13.8 Å². The first-order chi connectivity index (χ1) is 5.08. The maximum absolute atomic E-state index is 8.83. The summed E-state index contributed by atoms with van der Waals surface area (Å²) >= 11 is 6.11. The van der Waals surface area contributed by atoms with Gasteiger partial charge in [0.25, 0.3) is 0 Å². The van der Waals surface area contributed by atoms with Crippen LogP contribution in [0.25, 0.3) is 0 Å². The van der Waals surface area contributed by atoms with Crippen molar-refractivity contribution >= 4 is 11.6 Å². The molecule has 3 unspecified atom stereocenters. The second-order valence-corrected chi connectivity index (χ2v) is 4.43. The lowest BCUT2D eigenvalue weighted by atomic mass is 9.76. The van der Waals surface area contributed by atoms with Gasteiger partial charge in [0.05, 0.1) is 6.07 Å². The van der Waals surface area contributed by atoms with Gasteiger partial charge in [0, 0.05) is 0 Å². The molecule has 0 aromatic heterocycles. The Kier molecular flexibility index (Phi) is 2.44. The molecule has 3 atom stereocenters. The highest BCUT2D eigenvalue weighted by molar-refractivity contribution is 6.26. The number of rotatable bonds is 0. The molecule has 0 N–H and O–H groups in total. The van der Waals surface area contributed by atoms with Crippen LogP contribution >= 0.6 is 11.6 Å². The molecule has 1 saturated carbocycles. The number of hydrogen-bond acceptors (Lipinski definition) is 1. The summed E-state index contributed by atoms with van der Waals surface area (Å²) in [4.78, 5) is -0.563. The zero-order valence-corrected chi connectivity index (χ0v) is 7.86. The molecule has 0 aromatic carbocycles. The summed E-state index contributed by atoms with van der Waals surface area (Å²) in [6, 6.07) is 2.22. The first kappa shape index (κ1) is 8.87. The summed E-state index contributed by atoms with van der Waals surface area (Å²) in [5, 5.41) is 8.83. The summed E-state index contributed by atoms with van der Waals surface area (Å²) in [5.41, 5.74) is 0. The topological polar surface area (TPSA) is 23.8 Å². The molecule has 1 nitrogen and oxygen atoms in total. The lowest BCUT2D eigenvalue weighted by Gasteiger charge is -2.34. The Morgan fingerprint density at radius 1 is 1.55 bits per heavy atom. The Labute approximate surface area is 73.3 Å². The highest BCUT2D eigenvalue weighted by Gasteiger charge is 2.38. The standard InChI is InChI=1S/C9H14ClN/c1-7-3-4-9(10,6-11)8(2)5-7/h7-8H,3-5H2,1-2H3. The number of alkyl halides is 1. The van der Waals surface area contributed by atoms with Crippen LogP contribution in [0.1, 0.15) is 33.1 Å². The van der Waals surface area contributed by atoms with Crippen molar-refractivity contribution in [2.45, 2.75) is 38.0 Å². The van der Waals surface area contributed by atoms with Gasteiger partial charge in [0.1, 0.15) is 4.87 Å². The predicted octanol–water partition coefficient (Wildman–Crippen LogP) is 2.94. The molecule has 11 heavy (non-hydrogen) atoms. The average molecular weight is 172 g/mol. The van der Waals surface area contributed by atoms with Crippen LogP contribution in [0.2, 0.25) is 0 Å². The first-order valence-corrected chi connectivity index (χ1v) is 4.56. The minimum atomic E-state index is -0.563. The fourth-order valence-electron chi connectivity index (χ4n) is 1.78. The Morgan fingerprint density at radius 3 is 2.64 bits per heavy atom. The molecule has 0 aromatic rings. The Morgan fingerprint density at radius 2 is 2.18 bits per heavy atom. The van der Waals surface area contributed by atoms with Gasteiger partial charge >= 0.3 is 0 Å². The highest BCUT2D eigenvalue weighted by atomic mass is 35.5. The van der Waals surface area contributed by atoms with Crippen molar-refractivity contribution in [2.24, 2.45) is 11.8 Å². The van der Waals surface area contributed by atoms with E-state index in [-0.39, 0.29) is 0 Å². The van der Waals surface area contributed by atoms with Gasteiger partial charge < -0.3 is 0 Å². The van der Waals surface area contributed by atoms with Crippen LogP contribution in [0.15, 0.2) is 0 Å². The second kappa shape index (κ2) is 3.03. The fourth-order valence-corrected chi connectivity index (χ4v) is 1.98. The summed E-state index contributed by atoms with van der Waals surface area (Å²) < 4.78 is 0.